The van der Waals surface area contributed by atoms with Crippen LogP contribution in [-0.2, 0) is 0 Å². The molecule has 0 nitrogen and oxygen atoms in total. The Morgan fingerprint density at radius 3 is 1.24 bits per heavy atom. The monoisotopic (exact) mass is 474 g/mol. The van der Waals surface area contributed by atoms with Crippen molar-refractivity contribution in [1.29, 1.82) is 0 Å². The molecule has 0 saturated carbocycles. The summed E-state index contributed by atoms with van der Waals surface area (Å²) in [5, 5.41) is 27.8. The lowest BCUT2D eigenvalue weighted by Crippen LogP contribution is -1.96. The second kappa shape index (κ2) is 5.79. The van der Waals surface area contributed by atoms with Crippen LogP contribution in [0.4, 0.5) is 0 Å². The lowest BCUT2D eigenvalue weighted by atomic mass is 9.77. The molecule has 11 rings (SSSR count). The summed E-state index contributed by atoms with van der Waals surface area (Å²) in [6, 6.07) is 41.6. The van der Waals surface area contributed by atoms with Gasteiger partial charge in [0.25, 0.3) is 0 Å². The molecule has 0 unspecified atom stereocenters. The predicted molar refractivity (Wildman–Crippen MR) is 166 cm³/mol. The smallest absolute Gasteiger partial charge is 0.0000925 e. The van der Waals surface area contributed by atoms with Gasteiger partial charge in [0.1, 0.15) is 0 Å². The first kappa shape index (κ1) is 18.3. The van der Waals surface area contributed by atoms with Gasteiger partial charge in [-0.05, 0) is 114 Å². The third-order valence-electron chi connectivity index (χ3n) is 9.61. The Kier molecular flexibility index (Phi) is 2.79. The van der Waals surface area contributed by atoms with Crippen LogP contribution in [0.3, 0.4) is 0 Å². The van der Waals surface area contributed by atoms with E-state index in [1.54, 1.807) is 0 Å². The number of hydrogen-bond acceptors (Lipinski definition) is 0. The minimum atomic E-state index is 1.33. The first-order chi connectivity index (χ1) is 18.9. The molecule has 0 radical (unpaired) electrons. The van der Waals surface area contributed by atoms with Gasteiger partial charge in [0, 0.05) is 0 Å². The molecule has 0 heterocycles. The van der Waals surface area contributed by atoms with Gasteiger partial charge in [0.15, 0.2) is 0 Å². The molecule has 11 aromatic carbocycles. The second-order valence-corrected chi connectivity index (χ2v) is 11.2. The van der Waals surface area contributed by atoms with Crippen LogP contribution in [0.25, 0.3) is 108 Å². The molecular formula is C38H18. The van der Waals surface area contributed by atoms with E-state index >= 15 is 0 Å². The van der Waals surface area contributed by atoms with Gasteiger partial charge in [-0.1, -0.05) is 103 Å². The molecule has 170 valence electrons. The molecule has 0 N–H and O–H groups in total. The van der Waals surface area contributed by atoms with Gasteiger partial charge < -0.3 is 0 Å². The third-order valence-corrected chi connectivity index (χ3v) is 9.61. The molecule has 0 saturated heterocycles. The minimum Gasteiger partial charge on any atom is -0.0616 e. The average Bonchev–Trinajstić information content (AvgIpc) is 2.99. The zero-order valence-electron chi connectivity index (χ0n) is 20.4. The summed E-state index contributed by atoms with van der Waals surface area (Å²) in [6.07, 6.45) is 0. The summed E-state index contributed by atoms with van der Waals surface area (Å²) in [4.78, 5) is 0. The molecule has 0 spiro atoms. The van der Waals surface area contributed by atoms with E-state index in [4.69, 9.17) is 0 Å². The highest BCUT2D eigenvalue weighted by Gasteiger charge is 2.26. The van der Waals surface area contributed by atoms with Crippen molar-refractivity contribution in [2.45, 2.75) is 0 Å². The van der Waals surface area contributed by atoms with Crippen LogP contribution in [0.5, 0.6) is 0 Å². The van der Waals surface area contributed by atoms with Crippen molar-refractivity contribution in [2.75, 3.05) is 0 Å². The number of fused-ring (bicyclic) bond motifs is 7. The SMILES string of the molecule is c1ccc2c(c1)c1ccc3c4ccccc4c4cc5ccc6cccc7c8ccc2c2c1c3c4c(c5c67)c82. The van der Waals surface area contributed by atoms with E-state index in [9.17, 15) is 0 Å². The quantitative estimate of drug-likeness (QED) is 0.151. The molecule has 11 aromatic rings. The molecular weight excluding hydrogens is 456 g/mol. The summed E-state index contributed by atoms with van der Waals surface area (Å²) in [7, 11) is 0. The van der Waals surface area contributed by atoms with Crippen molar-refractivity contribution in [3.63, 3.8) is 0 Å². The maximum Gasteiger partial charge on any atom is -0.0000925 e. The Morgan fingerprint density at radius 1 is 0.211 bits per heavy atom. The van der Waals surface area contributed by atoms with Crippen LogP contribution >= 0.6 is 0 Å². The highest BCUT2D eigenvalue weighted by Crippen LogP contribution is 2.55. The molecule has 0 aromatic heterocycles. The Morgan fingerprint density at radius 2 is 0.632 bits per heavy atom. The van der Waals surface area contributed by atoms with Crippen molar-refractivity contribution in [3.8, 4) is 0 Å². The van der Waals surface area contributed by atoms with Gasteiger partial charge in [-0.3, -0.25) is 0 Å². The van der Waals surface area contributed by atoms with E-state index in [-0.39, 0.29) is 0 Å². The van der Waals surface area contributed by atoms with Gasteiger partial charge in [-0.2, -0.15) is 0 Å². The number of rotatable bonds is 0. The number of hydrogen-bond donors (Lipinski definition) is 0. The highest BCUT2D eigenvalue weighted by atomic mass is 14.3. The van der Waals surface area contributed by atoms with Gasteiger partial charge in [-0.25, -0.2) is 0 Å². The van der Waals surface area contributed by atoms with Crippen molar-refractivity contribution in [1.82, 2.24) is 0 Å². The molecule has 38 heavy (non-hydrogen) atoms. The van der Waals surface area contributed by atoms with E-state index < -0.39 is 0 Å². The van der Waals surface area contributed by atoms with E-state index in [1.807, 2.05) is 0 Å². The molecule has 0 atom stereocenters. The zero-order valence-corrected chi connectivity index (χ0v) is 20.4. The molecule has 0 aliphatic heterocycles. The van der Waals surface area contributed by atoms with Crippen LogP contribution in [0.2, 0.25) is 0 Å². The van der Waals surface area contributed by atoms with E-state index in [1.165, 1.54) is 108 Å². The molecule has 0 aliphatic carbocycles. The van der Waals surface area contributed by atoms with E-state index in [0.717, 1.165) is 0 Å². The molecule has 0 fully saturated rings. The van der Waals surface area contributed by atoms with Crippen molar-refractivity contribution in [3.05, 3.63) is 109 Å². The van der Waals surface area contributed by atoms with Crippen LogP contribution in [-0.4, -0.2) is 0 Å². The first-order valence-corrected chi connectivity index (χ1v) is 13.5. The molecule has 0 bridgehead atoms. The summed E-state index contributed by atoms with van der Waals surface area (Å²) in [6.45, 7) is 0. The Hall–Kier alpha value is -4.94. The fourth-order valence-electron chi connectivity index (χ4n) is 8.27. The zero-order chi connectivity index (χ0) is 24.3. The predicted octanol–water partition coefficient (Wildman–Crippen LogP) is 11.0. The van der Waals surface area contributed by atoms with Crippen LogP contribution < -0.4 is 0 Å². The van der Waals surface area contributed by atoms with Crippen molar-refractivity contribution in [2.24, 2.45) is 0 Å². The standard InChI is InChI=1S/C38H18/c1-2-8-22-21(7-1)26-14-15-28-23-9-3-4-10-24(23)30-18-20-13-12-19-6-5-11-25-29-17-16-27(22)34-33(26)35(28)37(30)38(36(29)34)32(20)31(19)25/h1-18H. The summed E-state index contributed by atoms with van der Waals surface area (Å²) in [5.41, 5.74) is 0. The van der Waals surface area contributed by atoms with Crippen molar-refractivity contribution >= 4 is 108 Å². The average molecular weight is 475 g/mol. The van der Waals surface area contributed by atoms with Gasteiger partial charge in [0.2, 0.25) is 0 Å². The molecule has 0 amide bonds. The summed E-state index contributed by atoms with van der Waals surface area (Å²) >= 11 is 0. The van der Waals surface area contributed by atoms with Crippen LogP contribution in [0.15, 0.2) is 109 Å². The Labute approximate surface area is 216 Å². The normalized spacial score (nSPS) is 13.3. The van der Waals surface area contributed by atoms with Gasteiger partial charge >= 0.3 is 0 Å². The maximum absolute atomic E-state index is 2.47. The fourth-order valence-corrected chi connectivity index (χ4v) is 8.27. The van der Waals surface area contributed by atoms with E-state index in [0.29, 0.717) is 0 Å². The van der Waals surface area contributed by atoms with Gasteiger partial charge in [-0.15, -0.1) is 0 Å². The summed E-state index contributed by atoms with van der Waals surface area (Å²) < 4.78 is 0. The Bertz CT molecular complexity index is 2730. The first-order valence-electron chi connectivity index (χ1n) is 13.5. The molecule has 0 aliphatic rings. The van der Waals surface area contributed by atoms with Crippen LogP contribution in [0, 0.1) is 0 Å². The lowest BCUT2D eigenvalue weighted by molar-refractivity contribution is 1.80. The van der Waals surface area contributed by atoms with Crippen molar-refractivity contribution < 1.29 is 0 Å². The third kappa shape index (κ3) is 1.77. The molecule has 0 heteroatoms. The second-order valence-electron chi connectivity index (χ2n) is 11.2. The largest absolute Gasteiger partial charge is 0.0616 e. The number of benzene rings is 11. The highest BCUT2D eigenvalue weighted by molar-refractivity contribution is 6.54. The van der Waals surface area contributed by atoms with Gasteiger partial charge in [0.05, 0.1) is 0 Å². The maximum atomic E-state index is 2.47. The lowest BCUT2D eigenvalue weighted by Gasteiger charge is -2.25. The fraction of sp³-hybridized carbons (Fsp3) is 0. The topological polar surface area (TPSA) is 0 Å². The van der Waals surface area contributed by atoms with E-state index in [2.05, 4.69) is 109 Å². The minimum absolute atomic E-state index is 1.33. The van der Waals surface area contributed by atoms with Crippen LogP contribution in [0.1, 0.15) is 0 Å². The summed E-state index contributed by atoms with van der Waals surface area (Å²) in [5.74, 6) is 0. The Balaban J connectivity index is 1.69.